The van der Waals surface area contributed by atoms with Crippen molar-refractivity contribution in [3.8, 4) is 0 Å². The summed E-state index contributed by atoms with van der Waals surface area (Å²) in [4.78, 5) is 34.1. The van der Waals surface area contributed by atoms with Gasteiger partial charge in [0, 0.05) is 0 Å². The van der Waals surface area contributed by atoms with Gasteiger partial charge in [-0.2, -0.15) is 13.2 Å². The molecule has 1 unspecified atom stereocenters. The third kappa shape index (κ3) is 3.36. The fraction of sp³-hybridized carbons (Fsp3) is 0.214. The maximum absolute atomic E-state index is 12.5. The van der Waals surface area contributed by atoms with Crippen molar-refractivity contribution < 1.29 is 32.3 Å². The number of carbonyl (C=O) groups excluding carboxylic acids is 3. The molecule has 1 heterocycles. The lowest BCUT2D eigenvalue weighted by Gasteiger charge is -2.06. The molecule has 110 valence electrons. The molecule has 2 rings (SSSR count). The van der Waals surface area contributed by atoms with Crippen molar-refractivity contribution in [3.63, 3.8) is 0 Å². The van der Waals surface area contributed by atoms with Crippen LogP contribution in [0.2, 0.25) is 0 Å². The van der Waals surface area contributed by atoms with Crippen molar-refractivity contribution in [1.29, 1.82) is 0 Å². The summed E-state index contributed by atoms with van der Waals surface area (Å²) in [6.45, 7) is -0.452. The number of rotatable bonds is 3. The van der Waals surface area contributed by atoms with Crippen LogP contribution in [-0.4, -0.2) is 24.1 Å². The Morgan fingerprint density at radius 2 is 2.00 bits per heavy atom. The van der Waals surface area contributed by atoms with Crippen LogP contribution >= 0.6 is 0 Å². The highest BCUT2D eigenvalue weighted by Gasteiger charge is 2.39. The van der Waals surface area contributed by atoms with E-state index in [0.29, 0.717) is 0 Å². The van der Waals surface area contributed by atoms with E-state index in [1.165, 1.54) is 12.1 Å². The van der Waals surface area contributed by atoms with Crippen molar-refractivity contribution in [2.24, 2.45) is 5.92 Å². The van der Waals surface area contributed by atoms with Crippen LogP contribution in [0.3, 0.4) is 0 Å². The first-order chi connectivity index (χ1) is 9.79. The van der Waals surface area contributed by atoms with Crippen molar-refractivity contribution in [1.82, 2.24) is 0 Å². The molecule has 0 N–H and O–H groups in total. The second kappa shape index (κ2) is 5.51. The first-order valence-electron chi connectivity index (χ1n) is 5.87. The first kappa shape index (κ1) is 15.0. The standard InChI is InChI=1S/C14H9F3O4/c15-14(16,17)9-3-1-2-8(6-9)4-5-10(18)12-11(19)7-21-13(12)20/h1-6,12H,7H2. The molecule has 0 spiro atoms. The Morgan fingerprint density at radius 1 is 1.29 bits per heavy atom. The number of alkyl halides is 3. The molecule has 1 aliphatic rings. The molecule has 0 aromatic heterocycles. The van der Waals surface area contributed by atoms with Gasteiger partial charge in [-0.1, -0.05) is 18.2 Å². The number of esters is 1. The Kier molecular flexibility index (Phi) is 3.93. The maximum Gasteiger partial charge on any atom is 0.416 e. The minimum Gasteiger partial charge on any atom is -0.457 e. The Labute approximate surface area is 117 Å². The van der Waals surface area contributed by atoms with Crippen molar-refractivity contribution in [2.45, 2.75) is 6.18 Å². The van der Waals surface area contributed by atoms with Gasteiger partial charge in [0.05, 0.1) is 5.56 Å². The Hall–Kier alpha value is -2.44. The zero-order valence-corrected chi connectivity index (χ0v) is 10.5. The number of Topliss-reactive ketones (excluding diaryl/α,β-unsaturated/α-hetero) is 1. The molecule has 21 heavy (non-hydrogen) atoms. The highest BCUT2D eigenvalue weighted by Crippen LogP contribution is 2.29. The average Bonchev–Trinajstić information content (AvgIpc) is 2.75. The molecule has 1 aromatic carbocycles. The highest BCUT2D eigenvalue weighted by atomic mass is 19.4. The third-order valence-electron chi connectivity index (χ3n) is 2.85. The van der Waals surface area contributed by atoms with E-state index in [-0.39, 0.29) is 5.56 Å². The Bertz CT molecular complexity index is 615. The molecule has 0 saturated carbocycles. The normalized spacial score (nSPS) is 19.1. The predicted octanol–water partition coefficient (Wildman–Crippen LogP) is 2.03. The number of carbonyl (C=O) groups is 3. The Morgan fingerprint density at radius 3 is 2.57 bits per heavy atom. The third-order valence-corrected chi connectivity index (χ3v) is 2.85. The van der Waals surface area contributed by atoms with Crippen LogP contribution in [0.4, 0.5) is 13.2 Å². The number of ketones is 2. The first-order valence-corrected chi connectivity index (χ1v) is 5.87. The topological polar surface area (TPSA) is 60.4 Å². The molecule has 4 nitrogen and oxygen atoms in total. The predicted molar refractivity (Wildman–Crippen MR) is 64.9 cm³/mol. The smallest absolute Gasteiger partial charge is 0.416 e. The molecule has 1 saturated heterocycles. The van der Waals surface area contributed by atoms with Crippen LogP contribution in [0, 0.1) is 5.92 Å². The van der Waals surface area contributed by atoms with E-state index in [0.717, 1.165) is 24.3 Å². The molecule has 1 aromatic rings. The lowest BCUT2D eigenvalue weighted by Crippen LogP contribution is -2.23. The quantitative estimate of drug-likeness (QED) is 0.487. The largest absolute Gasteiger partial charge is 0.457 e. The molecule has 1 atom stereocenters. The zero-order valence-electron chi connectivity index (χ0n) is 10.5. The van der Waals surface area contributed by atoms with Gasteiger partial charge >= 0.3 is 12.1 Å². The van der Waals surface area contributed by atoms with Crippen LogP contribution in [-0.2, 0) is 25.3 Å². The molecule has 0 radical (unpaired) electrons. The molecule has 0 aliphatic carbocycles. The lowest BCUT2D eigenvalue weighted by atomic mass is 10.0. The van der Waals surface area contributed by atoms with E-state index in [1.54, 1.807) is 0 Å². The molecule has 0 amide bonds. The van der Waals surface area contributed by atoms with Crippen LogP contribution in [0.15, 0.2) is 30.3 Å². The van der Waals surface area contributed by atoms with Gasteiger partial charge in [0.1, 0.15) is 0 Å². The van der Waals surface area contributed by atoms with Gasteiger partial charge in [-0.3, -0.25) is 14.4 Å². The summed E-state index contributed by atoms with van der Waals surface area (Å²) in [5.74, 6) is -3.90. The minimum atomic E-state index is -4.49. The minimum absolute atomic E-state index is 0.136. The summed E-state index contributed by atoms with van der Waals surface area (Å²) in [7, 11) is 0. The molecule has 0 bridgehead atoms. The van der Waals surface area contributed by atoms with Gasteiger partial charge in [0.15, 0.2) is 24.1 Å². The Balaban J connectivity index is 2.16. The van der Waals surface area contributed by atoms with Gasteiger partial charge < -0.3 is 4.74 Å². The van der Waals surface area contributed by atoms with Gasteiger partial charge in [-0.15, -0.1) is 0 Å². The second-order valence-electron chi connectivity index (χ2n) is 4.37. The maximum atomic E-state index is 12.5. The summed E-state index contributed by atoms with van der Waals surface area (Å²) in [6, 6.07) is 4.32. The van der Waals surface area contributed by atoms with Gasteiger partial charge in [-0.05, 0) is 23.8 Å². The average molecular weight is 298 g/mol. The summed E-state index contributed by atoms with van der Waals surface area (Å²) in [5, 5.41) is 0. The van der Waals surface area contributed by atoms with Crippen LogP contribution in [0.1, 0.15) is 11.1 Å². The number of halogens is 3. The number of hydrogen-bond acceptors (Lipinski definition) is 4. The fourth-order valence-corrected chi connectivity index (χ4v) is 1.81. The van der Waals surface area contributed by atoms with Gasteiger partial charge in [-0.25, -0.2) is 0 Å². The summed E-state index contributed by atoms with van der Waals surface area (Å²) in [6.07, 6.45) is -2.46. The number of hydrogen-bond donors (Lipinski definition) is 0. The summed E-state index contributed by atoms with van der Waals surface area (Å²) in [5.41, 5.74) is -0.717. The molecular formula is C14H9F3O4. The van der Waals surface area contributed by atoms with Crippen molar-refractivity contribution in [2.75, 3.05) is 6.61 Å². The van der Waals surface area contributed by atoms with Crippen LogP contribution in [0.5, 0.6) is 0 Å². The number of ether oxygens (including phenoxy) is 1. The fourth-order valence-electron chi connectivity index (χ4n) is 1.81. The zero-order chi connectivity index (χ0) is 15.6. The van der Waals surface area contributed by atoms with E-state index < -0.39 is 41.8 Å². The number of cyclic esters (lactones) is 1. The van der Waals surface area contributed by atoms with Gasteiger partial charge in [0.2, 0.25) is 0 Å². The van der Waals surface area contributed by atoms with E-state index in [9.17, 15) is 27.6 Å². The van der Waals surface area contributed by atoms with E-state index >= 15 is 0 Å². The van der Waals surface area contributed by atoms with Crippen molar-refractivity contribution >= 4 is 23.6 Å². The van der Waals surface area contributed by atoms with Crippen LogP contribution in [0.25, 0.3) is 6.08 Å². The highest BCUT2D eigenvalue weighted by molar-refractivity contribution is 6.24. The van der Waals surface area contributed by atoms with E-state index in [2.05, 4.69) is 4.74 Å². The van der Waals surface area contributed by atoms with E-state index in [1.807, 2.05) is 0 Å². The lowest BCUT2D eigenvalue weighted by molar-refractivity contribution is -0.143. The number of allylic oxidation sites excluding steroid dienone is 1. The SMILES string of the molecule is O=C(C=Cc1cccc(C(F)(F)F)c1)C1C(=O)COC1=O. The monoisotopic (exact) mass is 298 g/mol. The molecule has 7 heteroatoms. The summed E-state index contributed by atoms with van der Waals surface area (Å²) >= 11 is 0. The summed E-state index contributed by atoms with van der Waals surface area (Å²) < 4.78 is 42.0. The molecule has 1 fully saturated rings. The number of benzene rings is 1. The van der Waals surface area contributed by atoms with Crippen molar-refractivity contribution in [3.05, 3.63) is 41.5 Å². The second-order valence-corrected chi connectivity index (χ2v) is 4.37. The molecule has 1 aliphatic heterocycles. The molecular weight excluding hydrogens is 289 g/mol. The van der Waals surface area contributed by atoms with Gasteiger partial charge in [0.25, 0.3) is 0 Å². The van der Waals surface area contributed by atoms with E-state index in [4.69, 9.17) is 0 Å². The van der Waals surface area contributed by atoms with Crippen LogP contribution < -0.4 is 0 Å².